The van der Waals surface area contributed by atoms with Gasteiger partial charge in [-0.1, -0.05) is 82.0 Å². The molecule has 3 heteroatoms. The number of carbonyl (C=O) groups is 1. The SMILES string of the molecule is CCCC1CCC([C@H]2CC[C@@]3(CC2)C(=O)[C@]2(CCC(C4CCC(CC)CC4)CC2)C3(Cl)Cl)CC1. The Kier molecular flexibility index (Phi) is 7.76. The molecule has 5 fully saturated rings. The Morgan fingerprint density at radius 3 is 1.35 bits per heavy atom. The average Bonchev–Trinajstić information content (AvgIpc) is 2.89. The van der Waals surface area contributed by atoms with Gasteiger partial charge in [0.25, 0.3) is 0 Å². The molecular weight excluding hydrogens is 459 g/mol. The third-order valence-electron chi connectivity index (χ3n) is 12.2. The lowest BCUT2D eigenvalue weighted by Gasteiger charge is -2.67. The number of Topliss-reactive ketones (excluding diaryl/α,β-unsaturated/α-hetero) is 1. The molecular formula is C31H50Cl2O. The molecule has 5 aliphatic rings. The van der Waals surface area contributed by atoms with Gasteiger partial charge in [0.05, 0.1) is 10.8 Å². The fraction of sp³-hybridized carbons (Fsp3) is 0.968. The molecule has 0 aliphatic heterocycles. The third kappa shape index (κ3) is 4.14. The maximum absolute atomic E-state index is 13.9. The quantitative estimate of drug-likeness (QED) is 0.337. The smallest absolute Gasteiger partial charge is 0.151 e. The summed E-state index contributed by atoms with van der Waals surface area (Å²) < 4.78 is -0.828. The van der Waals surface area contributed by atoms with E-state index in [9.17, 15) is 4.79 Å². The lowest BCUT2D eigenvalue weighted by atomic mass is 9.41. The summed E-state index contributed by atoms with van der Waals surface area (Å²) in [5, 5.41) is 0. The summed E-state index contributed by atoms with van der Waals surface area (Å²) in [5.41, 5.74) is -0.865. The normalized spacial score (nSPS) is 47.0. The molecule has 0 heterocycles. The molecule has 0 bridgehead atoms. The zero-order valence-electron chi connectivity index (χ0n) is 22.1. The molecule has 5 rings (SSSR count). The molecule has 5 aliphatic carbocycles. The van der Waals surface area contributed by atoms with Crippen molar-refractivity contribution < 1.29 is 4.79 Å². The van der Waals surface area contributed by atoms with Crippen LogP contribution in [0.5, 0.6) is 0 Å². The van der Waals surface area contributed by atoms with Crippen molar-refractivity contribution in [2.75, 3.05) is 0 Å². The van der Waals surface area contributed by atoms with Gasteiger partial charge in [0.1, 0.15) is 4.33 Å². The molecule has 0 aromatic rings. The Hall–Kier alpha value is 0.250. The van der Waals surface area contributed by atoms with E-state index in [4.69, 9.17) is 23.2 Å². The fourth-order valence-corrected chi connectivity index (χ4v) is 11.0. The first-order valence-corrected chi connectivity index (χ1v) is 16.0. The molecule has 5 saturated carbocycles. The van der Waals surface area contributed by atoms with Crippen LogP contribution in [0.2, 0.25) is 0 Å². The van der Waals surface area contributed by atoms with Crippen LogP contribution >= 0.6 is 23.2 Å². The molecule has 0 aromatic heterocycles. The Balaban J connectivity index is 1.15. The van der Waals surface area contributed by atoms with Gasteiger partial charge in [-0.05, 0) is 113 Å². The highest BCUT2D eigenvalue weighted by Gasteiger charge is 2.79. The number of halogens is 2. The highest BCUT2D eigenvalue weighted by Crippen LogP contribution is 2.75. The second kappa shape index (κ2) is 10.2. The molecule has 0 radical (unpaired) electrons. The van der Waals surface area contributed by atoms with Crippen molar-refractivity contribution in [1.82, 2.24) is 0 Å². The number of ketones is 1. The van der Waals surface area contributed by atoms with Crippen LogP contribution in [0.3, 0.4) is 0 Å². The summed E-state index contributed by atoms with van der Waals surface area (Å²) in [6.45, 7) is 4.67. The van der Waals surface area contributed by atoms with Crippen molar-refractivity contribution in [1.29, 1.82) is 0 Å². The van der Waals surface area contributed by atoms with E-state index in [-0.39, 0.29) is 0 Å². The van der Waals surface area contributed by atoms with Crippen LogP contribution in [0.15, 0.2) is 0 Å². The summed E-state index contributed by atoms with van der Waals surface area (Å²) in [6, 6.07) is 0. The highest BCUT2D eigenvalue weighted by atomic mass is 35.5. The summed E-state index contributed by atoms with van der Waals surface area (Å²) in [6.07, 6.45) is 23.9. The van der Waals surface area contributed by atoms with Gasteiger partial charge in [0, 0.05) is 0 Å². The van der Waals surface area contributed by atoms with Gasteiger partial charge in [0.2, 0.25) is 0 Å². The van der Waals surface area contributed by atoms with E-state index in [2.05, 4.69) is 13.8 Å². The zero-order valence-corrected chi connectivity index (χ0v) is 23.6. The van der Waals surface area contributed by atoms with Crippen molar-refractivity contribution in [2.45, 2.75) is 140 Å². The Morgan fingerprint density at radius 2 is 1.00 bits per heavy atom. The van der Waals surface area contributed by atoms with E-state index in [1.165, 1.54) is 96.3 Å². The maximum atomic E-state index is 13.9. The van der Waals surface area contributed by atoms with Gasteiger partial charge in [-0.15, -0.1) is 0 Å². The van der Waals surface area contributed by atoms with E-state index in [1.54, 1.807) is 0 Å². The first kappa shape index (κ1) is 25.9. The Labute approximate surface area is 219 Å². The van der Waals surface area contributed by atoms with Crippen LogP contribution in [0.1, 0.15) is 136 Å². The number of alkyl halides is 2. The van der Waals surface area contributed by atoms with E-state index >= 15 is 0 Å². The minimum absolute atomic E-state index is 0.432. The fourth-order valence-electron chi connectivity index (χ4n) is 9.85. The Bertz CT molecular complexity index is 697. The van der Waals surface area contributed by atoms with E-state index in [0.29, 0.717) is 5.78 Å². The molecule has 2 spiro atoms. The van der Waals surface area contributed by atoms with Crippen molar-refractivity contribution in [3.63, 3.8) is 0 Å². The van der Waals surface area contributed by atoms with Crippen molar-refractivity contribution in [2.24, 2.45) is 46.3 Å². The Morgan fingerprint density at radius 1 is 0.618 bits per heavy atom. The topological polar surface area (TPSA) is 17.1 Å². The lowest BCUT2D eigenvalue weighted by Crippen LogP contribution is -2.74. The van der Waals surface area contributed by atoms with Gasteiger partial charge in [-0.2, -0.15) is 0 Å². The standard InChI is InChI=1S/C31H50Cl2O/c1-3-5-23-8-12-25(13-9-23)27-16-20-30(21-17-27)28(34)29(31(30,32)33)18-14-26(15-19-29)24-10-6-22(4-2)7-11-24/h22-27H,3-21H2,1-2H3/t22?,23?,24?,25?,26?,27-,29-,30+. The van der Waals surface area contributed by atoms with Gasteiger partial charge >= 0.3 is 0 Å². The van der Waals surface area contributed by atoms with Gasteiger partial charge in [-0.25, -0.2) is 0 Å². The molecule has 0 saturated heterocycles. The monoisotopic (exact) mass is 508 g/mol. The number of hydrogen-bond donors (Lipinski definition) is 0. The third-order valence-corrected chi connectivity index (χ3v) is 13.7. The van der Waals surface area contributed by atoms with Gasteiger partial charge in [0.15, 0.2) is 5.78 Å². The second-order valence-electron chi connectivity index (χ2n) is 13.5. The first-order chi connectivity index (χ1) is 16.4. The van der Waals surface area contributed by atoms with Crippen LogP contribution in [0.25, 0.3) is 0 Å². The van der Waals surface area contributed by atoms with Crippen LogP contribution in [-0.4, -0.2) is 10.1 Å². The summed E-state index contributed by atoms with van der Waals surface area (Å²) in [4.78, 5) is 13.9. The first-order valence-electron chi connectivity index (χ1n) is 15.3. The molecule has 0 N–H and O–H groups in total. The molecule has 34 heavy (non-hydrogen) atoms. The van der Waals surface area contributed by atoms with Crippen molar-refractivity contribution in [3.05, 3.63) is 0 Å². The van der Waals surface area contributed by atoms with E-state index in [1.807, 2.05) is 0 Å². The van der Waals surface area contributed by atoms with Crippen molar-refractivity contribution in [3.8, 4) is 0 Å². The minimum atomic E-state index is -0.828. The van der Waals surface area contributed by atoms with Crippen LogP contribution in [0.4, 0.5) is 0 Å². The molecule has 1 nitrogen and oxygen atoms in total. The highest BCUT2D eigenvalue weighted by molar-refractivity contribution is 6.55. The largest absolute Gasteiger partial charge is 0.298 e. The molecule has 194 valence electrons. The molecule has 0 unspecified atom stereocenters. The van der Waals surface area contributed by atoms with Gasteiger partial charge < -0.3 is 0 Å². The van der Waals surface area contributed by atoms with Crippen LogP contribution in [0, 0.1) is 46.3 Å². The van der Waals surface area contributed by atoms with Crippen molar-refractivity contribution >= 4 is 29.0 Å². The number of carbonyl (C=O) groups excluding carboxylic acids is 1. The molecule has 0 amide bonds. The molecule has 0 aromatic carbocycles. The van der Waals surface area contributed by atoms with E-state index in [0.717, 1.165) is 61.2 Å². The average molecular weight is 510 g/mol. The van der Waals surface area contributed by atoms with Crippen LogP contribution in [-0.2, 0) is 4.79 Å². The number of rotatable bonds is 5. The number of hydrogen-bond acceptors (Lipinski definition) is 1. The predicted octanol–water partition coefficient (Wildman–Crippen LogP) is 9.92. The second-order valence-corrected chi connectivity index (χ2v) is 14.8. The lowest BCUT2D eigenvalue weighted by molar-refractivity contribution is -0.173. The molecule has 0 atom stereocenters. The summed E-state index contributed by atoms with van der Waals surface area (Å²) in [5.74, 6) is 5.77. The zero-order chi connectivity index (χ0) is 24.0. The summed E-state index contributed by atoms with van der Waals surface area (Å²) in [7, 11) is 0. The minimum Gasteiger partial charge on any atom is -0.298 e. The predicted molar refractivity (Wildman–Crippen MR) is 144 cm³/mol. The van der Waals surface area contributed by atoms with Gasteiger partial charge in [-0.3, -0.25) is 4.79 Å². The maximum Gasteiger partial charge on any atom is 0.151 e. The summed E-state index contributed by atoms with van der Waals surface area (Å²) >= 11 is 14.5. The van der Waals surface area contributed by atoms with E-state index < -0.39 is 15.2 Å². The van der Waals surface area contributed by atoms with Crippen LogP contribution < -0.4 is 0 Å².